The molecule has 3 aromatic rings. The van der Waals surface area contributed by atoms with Crippen molar-refractivity contribution in [2.75, 3.05) is 18.1 Å². The van der Waals surface area contributed by atoms with Crippen LogP contribution < -0.4 is 4.90 Å². The molecule has 2 aliphatic heterocycles. The average molecular weight is 420 g/mol. The van der Waals surface area contributed by atoms with Gasteiger partial charge >= 0.3 is 0 Å². The monoisotopic (exact) mass is 420 g/mol. The summed E-state index contributed by atoms with van der Waals surface area (Å²) in [5.41, 5.74) is 2.68. The molecule has 4 nitrogen and oxygen atoms in total. The van der Waals surface area contributed by atoms with Gasteiger partial charge in [-0.2, -0.15) is 0 Å². The topological polar surface area (TPSA) is 43.8 Å². The molecule has 3 atom stereocenters. The van der Waals surface area contributed by atoms with Crippen LogP contribution in [0.1, 0.15) is 27.4 Å². The summed E-state index contributed by atoms with van der Waals surface area (Å²) in [5, 5.41) is 10.1. The molecule has 0 saturated carbocycles. The number of fused-ring (bicyclic) bond motifs is 3. The third-order valence-electron chi connectivity index (χ3n) is 6.45. The number of carbonyl (C=O) groups excluding carboxylic acids is 1. The number of hydrogen-bond acceptors (Lipinski definition) is 3. The number of anilines is 1. The summed E-state index contributed by atoms with van der Waals surface area (Å²) < 4.78 is 28.0. The molecule has 1 N–H and O–H groups in total. The van der Waals surface area contributed by atoms with Gasteiger partial charge < -0.3 is 10.0 Å². The third-order valence-corrected chi connectivity index (χ3v) is 6.45. The van der Waals surface area contributed by atoms with Crippen molar-refractivity contribution in [1.82, 2.24) is 4.90 Å². The maximum atomic E-state index is 14.3. The molecule has 0 spiro atoms. The number of hydrogen-bond donors (Lipinski definition) is 1. The van der Waals surface area contributed by atoms with Gasteiger partial charge in [0.25, 0.3) is 5.91 Å². The van der Waals surface area contributed by atoms with Crippen LogP contribution in [0.2, 0.25) is 0 Å². The molecule has 1 fully saturated rings. The number of halogens is 2. The van der Waals surface area contributed by atoms with E-state index >= 15 is 0 Å². The Kier molecular flexibility index (Phi) is 5.04. The van der Waals surface area contributed by atoms with Crippen LogP contribution in [0, 0.1) is 11.6 Å². The number of carbonyl (C=O) groups is 1. The molecule has 31 heavy (non-hydrogen) atoms. The summed E-state index contributed by atoms with van der Waals surface area (Å²) in [6, 6.07) is 19.9. The van der Waals surface area contributed by atoms with Gasteiger partial charge in [0.15, 0.2) is 0 Å². The highest BCUT2D eigenvalue weighted by Gasteiger charge is 2.53. The van der Waals surface area contributed by atoms with Crippen LogP contribution in [0.5, 0.6) is 0 Å². The zero-order valence-electron chi connectivity index (χ0n) is 16.8. The fraction of sp³-hybridized carbons (Fsp3) is 0.240. The fourth-order valence-corrected chi connectivity index (χ4v) is 4.99. The predicted octanol–water partition coefficient (Wildman–Crippen LogP) is 3.95. The minimum atomic E-state index is -0.496. The second-order valence-electron chi connectivity index (χ2n) is 8.09. The molecule has 0 unspecified atom stereocenters. The van der Waals surface area contributed by atoms with E-state index in [1.807, 2.05) is 47.4 Å². The van der Waals surface area contributed by atoms with Gasteiger partial charge in [-0.3, -0.25) is 9.69 Å². The van der Waals surface area contributed by atoms with Crippen molar-refractivity contribution in [3.05, 3.63) is 101 Å². The molecule has 158 valence electrons. The van der Waals surface area contributed by atoms with Gasteiger partial charge in [-0.05, 0) is 42.0 Å². The van der Waals surface area contributed by atoms with Crippen LogP contribution in [0.4, 0.5) is 14.5 Å². The van der Waals surface area contributed by atoms with Crippen molar-refractivity contribution in [3.63, 3.8) is 0 Å². The van der Waals surface area contributed by atoms with Crippen LogP contribution in [0.25, 0.3) is 0 Å². The quantitative estimate of drug-likeness (QED) is 0.695. The molecule has 0 aliphatic carbocycles. The Morgan fingerprint density at radius 1 is 1.00 bits per heavy atom. The largest absolute Gasteiger partial charge is 0.395 e. The van der Waals surface area contributed by atoms with Gasteiger partial charge in [0, 0.05) is 47.9 Å². The lowest BCUT2D eigenvalue weighted by atomic mass is 9.71. The molecular weight excluding hydrogens is 398 g/mol. The number of benzene rings is 3. The molecule has 1 saturated heterocycles. The molecule has 0 aromatic heterocycles. The van der Waals surface area contributed by atoms with Gasteiger partial charge in [-0.25, -0.2) is 8.78 Å². The Labute approximate surface area is 179 Å². The zero-order chi connectivity index (χ0) is 21.5. The standard InChI is InChI=1S/C25H22F2N2O2/c26-18-10-11-20(27)17(12-18)13-28-22-14-29(25(31)16-6-2-1-3-7-16)21-9-5-4-8-19(21)24(22)23(28)15-30/h1-12,22-24,30H,13-15H2/t22-,23-,24+/m1/s1. The normalized spacial score (nSPS) is 22.4. The number of nitrogens with zero attached hydrogens (tertiary/aromatic N) is 2. The third kappa shape index (κ3) is 3.32. The van der Waals surface area contributed by atoms with Crippen LogP contribution in [0.3, 0.4) is 0 Å². The van der Waals surface area contributed by atoms with Crippen LogP contribution in [-0.4, -0.2) is 41.1 Å². The second kappa shape index (κ2) is 7.87. The van der Waals surface area contributed by atoms with E-state index in [0.717, 1.165) is 23.4 Å². The lowest BCUT2D eigenvalue weighted by Crippen LogP contribution is -2.68. The first kappa shape index (κ1) is 19.8. The summed E-state index contributed by atoms with van der Waals surface area (Å²) >= 11 is 0. The average Bonchev–Trinajstić information content (AvgIpc) is 2.79. The Morgan fingerprint density at radius 2 is 1.74 bits per heavy atom. The number of amides is 1. The van der Waals surface area contributed by atoms with E-state index in [9.17, 15) is 18.7 Å². The summed E-state index contributed by atoms with van der Waals surface area (Å²) in [7, 11) is 0. The maximum Gasteiger partial charge on any atom is 0.258 e. The molecule has 1 amide bonds. The van der Waals surface area contributed by atoms with Crippen molar-refractivity contribution in [1.29, 1.82) is 0 Å². The maximum absolute atomic E-state index is 14.3. The van der Waals surface area contributed by atoms with E-state index in [4.69, 9.17) is 0 Å². The van der Waals surface area contributed by atoms with Crippen LogP contribution in [-0.2, 0) is 6.54 Å². The summed E-state index contributed by atoms with van der Waals surface area (Å²) in [6.45, 7) is 0.493. The minimum absolute atomic E-state index is 0.0256. The summed E-state index contributed by atoms with van der Waals surface area (Å²) in [5.74, 6) is -1.05. The Morgan fingerprint density at radius 3 is 2.52 bits per heavy atom. The highest BCUT2D eigenvalue weighted by Crippen LogP contribution is 2.49. The van der Waals surface area contributed by atoms with Gasteiger partial charge in [-0.15, -0.1) is 0 Å². The van der Waals surface area contributed by atoms with Crippen LogP contribution >= 0.6 is 0 Å². The highest BCUT2D eigenvalue weighted by atomic mass is 19.1. The van der Waals surface area contributed by atoms with Gasteiger partial charge in [0.2, 0.25) is 0 Å². The Hall–Kier alpha value is -3.09. The first-order chi connectivity index (χ1) is 15.1. The molecule has 3 aromatic carbocycles. The van der Waals surface area contributed by atoms with E-state index in [1.165, 1.54) is 6.07 Å². The molecule has 2 aliphatic rings. The predicted molar refractivity (Wildman–Crippen MR) is 114 cm³/mol. The number of para-hydroxylation sites is 1. The van der Waals surface area contributed by atoms with Crippen molar-refractivity contribution in [2.45, 2.75) is 24.5 Å². The van der Waals surface area contributed by atoms with E-state index in [0.29, 0.717) is 12.1 Å². The molecular formula is C25H22F2N2O2. The fourth-order valence-electron chi connectivity index (χ4n) is 4.99. The number of aliphatic hydroxyl groups excluding tert-OH is 1. The number of rotatable bonds is 4. The first-order valence-electron chi connectivity index (χ1n) is 10.3. The van der Waals surface area contributed by atoms with E-state index in [-0.39, 0.29) is 42.6 Å². The van der Waals surface area contributed by atoms with E-state index < -0.39 is 11.6 Å². The second-order valence-corrected chi connectivity index (χ2v) is 8.09. The Bertz CT molecular complexity index is 1120. The Balaban J connectivity index is 1.50. The molecule has 5 rings (SSSR count). The SMILES string of the molecule is O=C(c1ccccc1)N1C[C@@H]2[C@H](c3ccccc31)[C@@H](CO)N2Cc1cc(F)ccc1F. The van der Waals surface area contributed by atoms with Crippen molar-refractivity contribution < 1.29 is 18.7 Å². The molecule has 6 heteroatoms. The van der Waals surface area contributed by atoms with Crippen molar-refractivity contribution in [2.24, 2.45) is 0 Å². The molecule has 0 radical (unpaired) electrons. The van der Waals surface area contributed by atoms with Gasteiger partial charge in [0.05, 0.1) is 6.61 Å². The smallest absolute Gasteiger partial charge is 0.258 e. The molecule has 0 bridgehead atoms. The van der Waals surface area contributed by atoms with Crippen molar-refractivity contribution in [3.8, 4) is 0 Å². The first-order valence-corrected chi connectivity index (χ1v) is 10.3. The van der Waals surface area contributed by atoms with Crippen molar-refractivity contribution >= 4 is 11.6 Å². The molecule has 2 heterocycles. The van der Waals surface area contributed by atoms with E-state index in [1.54, 1.807) is 17.0 Å². The summed E-state index contributed by atoms with van der Waals surface area (Å²) in [4.78, 5) is 17.0. The van der Waals surface area contributed by atoms with Gasteiger partial charge in [-0.1, -0.05) is 36.4 Å². The zero-order valence-corrected chi connectivity index (χ0v) is 16.8. The summed E-state index contributed by atoms with van der Waals surface area (Å²) in [6.07, 6.45) is 0. The highest BCUT2D eigenvalue weighted by molar-refractivity contribution is 6.07. The lowest BCUT2D eigenvalue weighted by Gasteiger charge is -2.59. The van der Waals surface area contributed by atoms with E-state index in [2.05, 4.69) is 0 Å². The number of aliphatic hydroxyl groups is 1. The lowest BCUT2D eigenvalue weighted by molar-refractivity contribution is -0.0494. The number of likely N-dealkylation sites (tertiary alicyclic amines) is 1. The minimum Gasteiger partial charge on any atom is -0.395 e. The van der Waals surface area contributed by atoms with Crippen LogP contribution in [0.15, 0.2) is 72.8 Å². The van der Waals surface area contributed by atoms with Gasteiger partial charge in [0.1, 0.15) is 11.6 Å².